The van der Waals surface area contributed by atoms with E-state index in [1.807, 2.05) is 6.92 Å². The molecule has 0 amide bonds. The van der Waals surface area contributed by atoms with E-state index < -0.39 is 11.6 Å². The van der Waals surface area contributed by atoms with Gasteiger partial charge in [0.25, 0.3) is 0 Å². The van der Waals surface area contributed by atoms with E-state index in [0.29, 0.717) is 17.4 Å². The van der Waals surface area contributed by atoms with E-state index in [4.69, 9.17) is 9.47 Å². The van der Waals surface area contributed by atoms with Gasteiger partial charge >= 0.3 is 0 Å². The maximum Gasteiger partial charge on any atom is 0.200 e. The minimum atomic E-state index is -0.882. The zero-order valence-corrected chi connectivity index (χ0v) is 16.1. The second kappa shape index (κ2) is 9.50. The highest BCUT2D eigenvalue weighted by molar-refractivity contribution is 5.33. The summed E-state index contributed by atoms with van der Waals surface area (Å²) in [5, 5.41) is 0. The fourth-order valence-corrected chi connectivity index (χ4v) is 4.55. The Hall–Kier alpha value is -1.68. The first kappa shape index (κ1) is 20.1. The molecule has 0 aromatic heterocycles. The number of halogens is 2. The van der Waals surface area contributed by atoms with Gasteiger partial charge in [0.05, 0.1) is 12.7 Å². The van der Waals surface area contributed by atoms with Gasteiger partial charge in [0.1, 0.15) is 6.61 Å². The molecule has 0 N–H and O–H groups in total. The number of allylic oxidation sites excluding steroid dienone is 1. The largest absolute Gasteiger partial charge is 0.486 e. The summed E-state index contributed by atoms with van der Waals surface area (Å²) in [6.07, 6.45) is 12.2. The van der Waals surface area contributed by atoms with Crippen LogP contribution in [0.2, 0.25) is 0 Å². The highest BCUT2D eigenvalue weighted by Crippen LogP contribution is 2.42. The summed E-state index contributed by atoms with van der Waals surface area (Å²) < 4.78 is 39.9. The van der Waals surface area contributed by atoms with Crippen molar-refractivity contribution >= 4 is 0 Å². The van der Waals surface area contributed by atoms with E-state index in [1.54, 1.807) is 12.1 Å². The number of rotatable bonds is 6. The summed E-state index contributed by atoms with van der Waals surface area (Å²) in [4.78, 5) is 0. The van der Waals surface area contributed by atoms with Gasteiger partial charge in [0.15, 0.2) is 11.6 Å². The lowest BCUT2D eigenvalue weighted by atomic mass is 9.72. The SMILES string of the molecule is C=CCOc1ccc(C2CCC(C3CCC(/C=C/C)OC3)CC2)c(F)c1F. The van der Waals surface area contributed by atoms with E-state index >= 15 is 0 Å². The molecule has 1 aromatic rings. The first-order valence-electron chi connectivity index (χ1n) is 10.1. The topological polar surface area (TPSA) is 18.5 Å². The second-order valence-corrected chi connectivity index (χ2v) is 7.73. The molecule has 2 nitrogen and oxygen atoms in total. The molecular formula is C23H30F2O2. The molecule has 2 aliphatic rings. The average Bonchev–Trinajstić information content (AvgIpc) is 2.70. The predicted molar refractivity (Wildman–Crippen MR) is 104 cm³/mol. The quantitative estimate of drug-likeness (QED) is 0.552. The van der Waals surface area contributed by atoms with Gasteiger partial charge in [-0.3, -0.25) is 0 Å². The molecule has 0 spiro atoms. The Morgan fingerprint density at radius 3 is 2.44 bits per heavy atom. The van der Waals surface area contributed by atoms with Gasteiger partial charge in [0, 0.05) is 0 Å². The van der Waals surface area contributed by atoms with Crippen LogP contribution < -0.4 is 4.74 Å². The van der Waals surface area contributed by atoms with Crippen LogP contribution in [0.15, 0.2) is 36.9 Å². The van der Waals surface area contributed by atoms with Gasteiger partial charge in [-0.2, -0.15) is 4.39 Å². The van der Waals surface area contributed by atoms with E-state index in [9.17, 15) is 8.78 Å². The van der Waals surface area contributed by atoms with Crippen LogP contribution >= 0.6 is 0 Å². The van der Waals surface area contributed by atoms with Crippen molar-refractivity contribution in [2.75, 3.05) is 13.2 Å². The van der Waals surface area contributed by atoms with Crippen LogP contribution in [0, 0.1) is 23.5 Å². The standard InChI is InChI=1S/C23H30F2O2/c1-3-5-19-11-10-18(15-27-19)16-6-8-17(9-7-16)20-12-13-21(26-14-4-2)23(25)22(20)24/h3-5,12-13,16-19H,2,6-11,14-15H2,1H3/b5-3+. The van der Waals surface area contributed by atoms with Crippen molar-refractivity contribution in [3.8, 4) is 5.75 Å². The lowest BCUT2D eigenvalue weighted by Gasteiger charge is -2.37. The maximum absolute atomic E-state index is 14.5. The summed E-state index contributed by atoms with van der Waals surface area (Å²) in [7, 11) is 0. The molecule has 3 rings (SSSR count). The lowest BCUT2D eigenvalue weighted by Crippen LogP contribution is -2.31. The second-order valence-electron chi connectivity index (χ2n) is 7.73. The summed E-state index contributed by atoms with van der Waals surface area (Å²) in [5.41, 5.74) is 0.491. The van der Waals surface area contributed by atoms with E-state index in [-0.39, 0.29) is 24.4 Å². The Morgan fingerprint density at radius 2 is 1.81 bits per heavy atom. The third kappa shape index (κ3) is 4.78. The van der Waals surface area contributed by atoms with Gasteiger partial charge in [-0.15, -0.1) is 0 Å². The highest BCUT2D eigenvalue weighted by atomic mass is 19.2. The van der Waals surface area contributed by atoms with Crippen molar-refractivity contribution < 1.29 is 18.3 Å². The van der Waals surface area contributed by atoms with Gasteiger partial charge in [-0.25, -0.2) is 4.39 Å². The Labute approximate surface area is 161 Å². The molecule has 0 radical (unpaired) electrons. The minimum absolute atomic E-state index is 0.0418. The van der Waals surface area contributed by atoms with Crippen molar-refractivity contribution in [2.24, 2.45) is 11.8 Å². The maximum atomic E-state index is 14.5. The molecular weight excluding hydrogens is 346 g/mol. The summed E-state index contributed by atoms with van der Waals surface area (Å²) >= 11 is 0. The van der Waals surface area contributed by atoms with E-state index in [1.165, 1.54) is 12.5 Å². The monoisotopic (exact) mass is 376 g/mol. The molecule has 1 aliphatic heterocycles. The van der Waals surface area contributed by atoms with Crippen molar-refractivity contribution in [1.29, 1.82) is 0 Å². The Bertz CT molecular complexity index is 655. The van der Waals surface area contributed by atoms with Crippen molar-refractivity contribution in [2.45, 2.75) is 57.5 Å². The number of hydrogen-bond donors (Lipinski definition) is 0. The predicted octanol–water partition coefficient (Wildman–Crippen LogP) is 6.17. The van der Waals surface area contributed by atoms with E-state index in [2.05, 4.69) is 18.7 Å². The zero-order chi connectivity index (χ0) is 19.2. The van der Waals surface area contributed by atoms with Crippen LogP contribution in [0.5, 0.6) is 5.75 Å². The number of benzene rings is 1. The van der Waals surface area contributed by atoms with Crippen molar-refractivity contribution in [3.05, 3.63) is 54.1 Å². The fourth-order valence-electron chi connectivity index (χ4n) is 4.55. The van der Waals surface area contributed by atoms with E-state index in [0.717, 1.165) is 38.7 Å². The molecule has 2 fully saturated rings. The highest BCUT2D eigenvalue weighted by Gasteiger charge is 2.32. The smallest absolute Gasteiger partial charge is 0.200 e. The van der Waals surface area contributed by atoms with Gasteiger partial charge in [-0.05, 0) is 74.8 Å². The van der Waals surface area contributed by atoms with Crippen LogP contribution in [-0.2, 0) is 4.74 Å². The number of hydrogen-bond acceptors (Lipinski definition) is 2. The van der Waals surface area contributed by atoms with Gasteiger partial charge in [-0.1, -0.05) is 30.9 Å². The average molecular weight is 376 g/mol. The van der Waals surface area contributed by atoms with Crippen molar-refractivity contribution in [3.63, 3.8) is 0 Å². The molecule has 1 aromatic carbocycles. The molecule has 1 saturated carbocycles. The molecule has 2 atom stereocenters. The number of ether oxygens (including phenoxy) is 2. The Kier molecular flexibility index (Phi) is 7.06. The molecule has 1 aliphatic carbocycles. The third-order valence-corrected chi connectivity index (χ3v) is 6.07. The van der Waals surface area contributed by atoms with Crippen LogP contribution in [0.3, 0.4) is 0 Å². The molecule has 1 heterocycles. The van der Waals surface area contributed by atoms with Gasteiger partial charge in [0.2, 0.25) is 5.82 Å². The molecule has 4 heteroatoms. The third-order valence-electron chi connectivity index (χ3n) is 6.07. The van der Waals surface area contributed by atoms with Gasteiger partial charge < -0.3 is 9.47 Å². The van der Waals surface area contributed by atoms with Crippen LogP contribution in [-0.4, -0.2) is 19.3 Å². The van der Waals surface area contributed by atoms with Crippen molar-refractivity contribution in [1.82, 2.24) is 0 Å². The first-order chi connectivity index (χ1) is 13.1. The Balaban J connectivity index is 1.56. The molecule has 2 unspecified atom stereocenters. The molecule has 1 saturated heterocycles. The van der Waals surface area contributed by atoms with Crippen LogP contribution in [0.4, 0.5) is 8.78 Å². The summed E-state index contributed by atoms with van der Waals surface area (Å²) in [6, 6.07) is 3.23. The van der Waals surface area contributed by atoms with Crippen LogP contribution in [0.25, 0.3) is 0 Å². The summed E-state index contributed by atoms with van der Waals surface area (Å²) in [5.74, 6) is -0.355. The minimum Gasteiger partial charge on any atom is -0.486 e. The van der Waals surface area contributed by atoms with Crippen LogP contribution in [0.1, 0.15) is 56.9 Å². The Morgan fingerprint density at radius 1 is 1.07 bits per heavy atom. The summed E-state index contributed by atoms with van der Waals surface area (Å²) in [6.45, 7) is 6.54. The molecule has 0 bridgehead atoms. The molecule has 148 valence electrons. The molecule has 27 heavy (non-hydrogen) atoms. The lowest BCUT2D eigenvalue weighted by molar-refractivity contribution is -0.0150. The zero-order valence-electron chi connectivity index (χ0n) is 16.1. The normalized spacial score (nSPS) is 29.0. The first-order valence-corrected chi connectivity index (χ1v) is 10.1. The fraction of sp³-hybridized carbons (Fsp3) is 0.565.